The third-order valence-electron chi connectivity index (χ3n) is 10.7. The molecule has 0 aliphatic heterocycles. The standard InChI is InChI=1S/C27H44O8/c1-23(2,33)9-8-20(30)26(5,34)19-7-11-27(35)15-12-17(28)16-13-18(29)21(31)22(32)25(16,4)14(15)6-10-24(19,27)3/h12,14,16,18-22,29-35H,6-11,13H2,1-5H3/t14-,16+,18+,19-,20+,21-,22-,24+,25+,26+,27+/m0/s1. The van der Waals surface area contributed by atoms with E-state index in [-0.39, 0.29) is 24.5 Å². The quantitative estimate of drug-likeness (QED) is 0.295. The van der Waals surface area contributed by atoms with Crippen LogP contribution in [0.3, 0.4) is 0 Å². The van der Waals surface area contributed by atoms with Crippen molar-refractivity contribution in [3.8, 4) is 0 Å². The molecule has 0 saturated heterocycles. The maximum atomic E-state index is 13.3. The van der Waals surface area contributed by atoms with Crippen molar-refractivity contribution >= 4 is 5.78 Å². The summed E-state index contributed by atoms with van der Waals surface area (Å²) in [6.07, 6.45) is -1.09. The molecule has 0 amide bonds. The molecule has 0 unspecified atom stereocenters. The molecule has 3 fully saturated rings. The Balaban J connectivity index is 1.69. The molecule has 0 bridgehead atoms. The van der Waals surface area contributed by atoms with Crippen LogP contribution < -0.4 is 0 Å². The normalized spacial score (nSPS) is 48.3. The third-order valence-corrected chi connectivity index (χ3v) is 10.7. The van der Waals surface area contributed by atoms with Crippen LogP contribution in [0.4, 0.5) is 0 Å². The van der Waals surface area contributed by atoms with Gasteiger partial charge in [0.1, 0.15) is 6.10 Å². The molecule has 0 aromatic rings. The Labute approximate surface area is 207 Å². The Kier molecular flexibility index (Phi) is 6.46. The van der Waals surface area contributed by atoms with E-state index in [1.807, 2.05) is 6.92 Å². The minimum atomic E-state index is -1.52. The second-order valence-corrected chi connectivity index (χ2v) is 13.2. The summed E-state index contributed by atoms with van der Waals surface area (Å²) in [5.41, 5.74) is -5.21. The highest BCUT2D eigenvalue weighted by Crippen LogP contribution is 2.68. The molecule has 0 heterocycles. The molecule has 0 radical (unpaired) electrons. The first-order valence-electron chi connectivity index (χ1n) is 13.1. The summed E-state index contributed by atoms with van der Waals surface area (Å²) in [6, 6.07) is 0. The molecule has 8 heteroatoms. The summed E-state index contributed by atoms with van der Waals surface area (Å²) in [4.78, 5) is 13.3. The second-order valence-electron chi connectivity index (χ2n) is 13.2. The SMILES string of the molecule is CC(C)(O)CC[C@@H](O)[C@](C)(O)[C@H]1CC[C@@]2(O)C3=CC(=O)[C@H]4C[C@@H](O)[C@H](O)[C@H](O)[C@]4(C)[C@H]3CC[C@]12C. The number of allylic oxidation sites excluding steroid dienone is 1. The number of fused-ring (bicyclic) bond motifs is 5. The minimum absolute atomic E-state index is 0.0638. The van der Waals surface area contributed by atoms with Gasteiger partial charge in [0.25, 0.3) is 0 Å². The molecule has 11 atom stereocenters. The van der Waals surface area contributed by atoms with Gasteiger partial charge in [0.2, 0.25) is 0 Å². The fraction of sp³-hybridized carbons (Fsp3) is 0.889. The van der Waals surface area contributed by atoms with Crippen LogP contribution >= 0.6 is 0 Å². The number of hydrogen-bond acceptors (Lipinski definition) is 8. The summed E-state index contributed by atoms with van der Waals surface area (Å²) < 4.78 is 0. The van der Waals surface area contributed by atoms with Crippen molar-refractivity contribution in [2.24, 2.45) is 28.6 Å². The van der Waals surface area contributed by atoms with Crippen LogP contribution in [0.2, 0.25) is 0 Å². The molecule has 3 saturated carbocycles. The van der Waals surface area contributed by atoms with Crippen molar-refractivity contribution in [3.63, 3.8) is 0 Å². The van der Waals surface area contributed by atoms with Gasteiger partial charge in [-0.2, -0.15) is 0 Å². The first-order valence-corrected chi connectivity index (χ1v) is 13.1. The summed E-state index contributed by atoms with van der Waals surface area (Å²) >= 11 is 0. The fourth-order valence-corrected chi connectivity index (χ4v) is 8.35. The van der Waals surface area contributed by atoms with Crippen LogP contribution in [-0.4, -0.2) is 82.7 Å². The van der Waals surface area contributed by atoms with Crippen LogP contribution in [0.25, 0.3) is 0 Å². The Bertz CT molecular complexity index is 892. The molecule has 8 nitrogen and oxygen atoms in total. The van der Waals surface area contributed by atoms with Crippen LogP contribution in [0, 0.1) is 28.6 Å². The number of hydrogen-bond donors (Lipinski definition) is 7. The van der Waals surface area contributed by atoms with Gasteiger partial charge in [-0.15, -0.1) is 0 Å². The first-order chi connectivity index (χ1) is 15.9. The number of aliphatic hydroxyl groups is 7. The zero-order valence-electron chi connectivity index (χ0n) is 21.6. The van der Waals surface area contributed by atoms with E-state index in [9.17, 15) is 40.5 Å². The van der Waals surface area contributed by atoms with E-state index in [1.165, 1.54) is 6.08 Å². The van der Waals surface area contributed by atoms with Gasteiger partial charge in [-0.1, -0.05) is 13.8 Å². The first kappa shape index (κ1) is 27.2. The van der Waals surface area contributed by atoms with E-state index in [1.54, 1.807) is 27.7 Å². The lowest BCUT2D eigenvalue weighted by molar-refractivity contribution is -0.205. The molecular formula is C27H44O8. The Morgan fingerprint density at radius 1 is 1.06 bits per heavy atom. The topological polar surface area (TPSA) is 159 Å². The van der Waals surface area contributed by atoms with E-state index >= 15 is 0 Å². The maximum absolute atomic E-state index is 13.3. The monoisotopic (exact) mass is 496 g/mol. The van der Waals surface area contributed by atoms with E-state index in [0.717, 1.165) is 0 Å². The van der Waals surface area contributed by atoms with Crippen molar-refractivity contribution in [1.29, 1.82) is 0 Å². The molecule has 35 heavy (non-hydrogen) atoms. The highest BCUT2D eigenvalue weighted by Gasteiger charge is 2.70. The molecular weight excluding hydrogens is 452 g/mol. The predicted octanol–water partition coefficient (Wildman–Crippen LogP) is 0.825. The number of rotatable bonds is 5. The van der Waals surface area contributed by atoms with Gasteiger partial charge in [-0.3, -0.25) is 4.79 Å². The minimum Gasteiger partial charge on any atom is -0.390 e. The Hall–Kier alpha value is -0.870. The van der Waals surface area contributed by atoms with Crippen molar-refractivity contribution in [2.75, 3.05) is 0 Å². The number of carbonyl (C=O) groups is 1. The van der Waals surface area contributed by atoms with Gasteiger partial charge in [0.05, 0.1) is 35.1 Å². The van der Waals surface area contributed by atoms with E-state index in [2.05, 4.69) is 0 Å². The Morgan fingerprint density at radius 2 is 1.69 bits per heavy atom. The van der Waals surface area contributed by atoms with Gasteiger partial charge in [-0.25, -0.2) is 0 Å². The molecule has 4 rings (SSSR count). The average Bonchev–Trinajstić information content (AvgIpc) is 3.04. The van der Waals surface area contributed by atoms with Gasteiger partial charge >= 0.3 is 0 Å². The third kappa shape index (κ3) is 3.78. The van der Waals surface area contributed by atoms with Crippen molar-refractivity contribution in [1.82, 2.24) is 0 Å². The number of carbonyl (C=O) groups excluding carboxylic acids is 1. The molecule has 0 aromatic carbocycles. The van der Waals surface area contributed by atoms with Crippen LogP contribution in [-0.2, 0) is 4.79 Å². The van der Waals surface area contributed by atoms with Crippen LogP contribution in [0.5, 0.6) is 0 Å². The lowest BCUT2D eigenvalue weighted by Crippen LogP contribution is -2.66. The lowest BCUT2D eigenvalue weighted by Gasteiger charge is -2.61. The summed E-state index contributed by atoms with van der Waals surface area (Å²) in [7, 11) is 0. The molecule has 200 valence electrons. The molecule has 4 aliphatic carbocycles. The van der Waals surface area contributed by atoms with E-state index in [4.69, 9.17) is 0 Å². The summed E-state index contributed by atoms with van der Waals surface area (Å²) in [5.74, 6) is -1.73. The highest BCUT2D eigenvalue weighted by molar-refractivity contribution is 5.95. The van der Waals surface area contributed by atoms with E-state index < -0.39 is 63.9 Å². The fourth-order valence-electron chi connectivity index (χ4n) is 8.35. The average molecular weight is 497 g/mol. The van der Waals surface area contributed by atoms with Crippen LogP contribution in [0.1, 0.15) is 79.6 Å². The molecule has 4 aliphatic rings. The van der Waals surface area contributed by atoms with Crippen molar-refractivity contribution in [3.05, 3.63) is 11.6 Å². The lowest BCUT2D eigenvalue weighted by atomic mass is 9.45. The summed E-state index contributed by atoms with van der Waals surface area (Å²) in [6.45, 7) is 8.59. The van der Waals surface area contributed by atoms with Gasteiger partial charge in [0.15, 0.2) is 5.78 Å². The molecule has 0 aromatic heterocycles. The number of ketones is 1. The van der Waals surface area contributed by atoms with Gasteiger partial charge in [0, 0.05) is 16.7 Å². The van der Waals surface area contributed by atoms with Crippen molar-refractivity contribution < 1.29 is 40.5 Å². The van der Waals surface area contributed by atoms with Gasteiger partial charge in [-0.05, 0) is 89.2 Å². The van der Waals surface area contributed by atoms with Gasteiger partial charge < -0.3 is 35.7 Å². The largest absolute Gasteiger partial charge is 0.390 e. The summed E-state index contributed by atoms with van der Waals surface area (Å²) in [5, 5.41) is 76.6. The highest BCUT2D eigenvalue weighted by atomic mass is 16.4. The van der Waals surface area contributed by atoms with Crippen LogP contribution in [0.15, 0.2) is 11.6 Å². The molecule has 7 N–H and O–H groups in total. The number of aliphatic hydroxyl groups excluding tert-OH is 4. The van der Waals surface area contributed by atoms with Crippen molar-refractivity contribution in [2.45, 2.75) is 121 Å². The Morgan fingerprint density at radius 3 is 2.29 bits per heavy atom. The van der Waals surface area contributed by atoms with E-state index in [0.29, 0.717) is 37.7 Å². The smallest absolute Gasteiger partial charge is 0.159 e. The second kappa shape index (κ2) is 8.32. The molecule has 0 spiro atoms. The zero-order valence-corrected chi connectivity index (χ0v) is 21.6. The zero-order chi connectivity index (χ0) is 26.4. The predicted molar refractivity (Wildman–Crippen MR) is 128 cm³/mol. The maximum Gasteiger partial charge on any atom is 0.159 e.